The number of aliphatic hydroxyl groups is 1. The molecule has 246 valence electrons. The van der Waals surface area contributed by atoms with Gasteiger partial charge in [-0.1, -0.05) is 73.7 Å². The summed E-state index contributed by atoms with van der Waals surface area (Å²) < 4.78 is 24.7. The summed E-state index contributed by atoms with van der Waals surface area (Å²) in [6, 6.07) is 39.6. The summed E-state index contributed by atoms with van der Waals surface area (Å²) in [5, 5.41) is 15.4. The zero-order valence-corrected chi connectivity index (χ0v) is 27.6. The first-order valence-corrected chi connectivity index (χ1v) is 16.7. The minimum Gasteiger partial charge on any atom is -0.496 e. The molecule has 0 unspecified atom stereocenters. The van der Waals surface area contributed by atoms with Gasteiger partial charge in [0.2, 0.25) is 0 Å². The van der Waals surface area contributed by atoms with Gasteiger partial charge in [-0.3, -0.25) is 0 Å². The van der Waals surface area contributed by atoms with Gasteiger partial charge in [-0.05, 0) is 71.8 Å². The Morgan fingerprint density at radius 3 is 2.23 bits per heavy atom. The normalized spacial score (nSPS) is 18.9. The number of nitrogens with one attached hydrogen (secondary N) is 2. The SMILES string of the molecule is COc1ccccc1SC[C@H]1O[C@@H](c2cccc(NC(=O)Nc3ccc(Oc4ccccc4)cc3)c2)O[C@@H](c2ccc(CO)cc2)[C@H]1C. The van der Waals surface area contributed by atoms with Crippen LogP contribution in [-0.4, -0.2) is 30.1 Å². The van der Waals surface area contributed by atoms with E-state index in [0.717, 1.165) is 33.1 Å². The molecule has 5 aromatic rings. The van der Waals surface area contributed by atoms with E-state index in [4.69, 9.17) is 18.9 Å². The molecule has 0 bridgehead atoms. The molecule has 0 saturated carbocycles. The molecular weight excluding hydrogens is 625 g/mol. The van der Waals surface area contributed by atoms with E-state index in [-0.39, 0.29) is 30.8 Å². The number of aliphatic hydroxyl groups excluding tert-OH is 1. The van der Waals surface area contributed by atoms with Crippen molar-refractivity contribution in [2.24, 2.45) is 5.92 Å². The van der Waals surface area contributed by atoms with E-state index in [1.54, 1.807) is 43.1 Å². The van der Waals surface area contributed by atoms with Crippen LogP contribution in [0.25, 0.3) is 0 Å². The summed E-state index contributed by atoms with van der Waals surface area (Å²) in [6.45, 7) is 2.11. The second kappa shape index (κ2) is 15.9. The van der Waals surface area contributed by atoms with Gasteiger partial charge in [0.15, 0.2) is 6.29 Å². The van der Waals surface area contributed by atoms with Crippen LogP contribution in [0.3, 0.4) is 0 Å². The summed E-state index contributed by atoms with van der Waals surface area (Å²) in [7, 11) is 1.67. The van der Waals surface area contributed by atoms with Gasteiger partial charge in [0.25, 0.3) is 0 Å². The Kier molecular flexibility index (Phi) is 10.9. The summed E-state index contributed by atoms with van der Waals surface area (Å²) >= 11 is 1.68. The molecular formula is C39H38N2O6S. The Bertz CT molecular complexity index is 1790. The van der Waals surface area contributed by atoms with Crippen LogP contribution in [-0.2, 0) is 16.1 Å². The zero-order chi connectivity index (χ0) is 33.3. The molecule has 0 aliphatic carbocycles. The molecule has 6 rings (SSSR count). The van der Waals surface area contributed by atoms with Crippen molar-refractivity contribution in [2.75, 3.05) is 23.5 Å². The van der Waals surface area contributed by atoms with Gasteiger partial charge in [-0.25, -0.2) is 4.79 Å². The second-order valence-corrected chi connectivity index (χ2v) is 12.5. The number of hydrogen-bond acceptors (Lipinski definition) is 7. The highest BCUT2D eigenvalue weighted by Gasteiger charge is 2.38. The van der Waals surface area contributed by atoms with Crippen LogP contribution in [0.4, 0.5) is 16.2 Å². The van der Waals surface area contributed by atoms with E-state index in [0.29, 0.717) is 22.9 Å². The molecule has 5 aromatic carbocycles. The third-order valence-corrected chi connectivity index (χ3v) is 9.25. The minimum absolute atomic E-state index is 0.0212. The monoisotopic (exact) mass is 662 g/mol. The van der Waals surface area contributed by atoms with Crippen molar-refractivity contribution in [3.8, 4) is 17.2 Å². The first-order chi connectivity index (χ1) is 23.5. The molecule has 0 aromatic heterocycles. The molecule has 1 aliphatic heterocycles. The fraction of sp³-hybridized carbons (Fsp3) is 0.205. The van der Waals surface area contributed by atoms with E-state index >= 15 is 0 Å². The van der Waals surface area contributed by atoms with Gasteiger partial charge < -0.3 is 34.7 Å². The van der Waals surface area contributed by atoms with Crippen LogP contribution in [0.2, 0.25) is 0 Å². The first-order valence-electron chi connectivity index (χ1n) is 15.8. The van der Waals surface area contributed by atoms with Crippen molar-refractivity contribution in [1.82, 2.24) is 0 Å². The quantitative estimate of drug-likeness (QED) is 0.121. The average Bonchev–Trinajstić information content (AvgIpc) is 3.12. The Morgan fingerprint density at radius 1 is 0.771 bits per heavy atom. The number of methoxy groups -OCH3 is 1. The molecule has 0 radical (unpaired) electrons. The third-order valence-electron chi connectivity index (χ3n) is 8.10. The second-order valence-electron chi connectivity index (χ2n) is 11.4. The Hall–Kier alpha value is -4.80. The molecule has 1 saturated heterocycles. The van der Waals surface area contributed by atoms with Crippen molar-refractivity contribution in [3.05, 3.63) is 144 Å². The van der Waals surface area contributed by atoms with E-state index in [1.807, 2.05) is 103 Å². The van der Waals surface area contributed by atoms with Crippen LogP contribution in [0, 0.1) is 5.92 Å². The highest BCUT2D eigenvalue weighted by Crippen LogP contribution is 2.44. The van der Waals surface area contributed by atoms with Crippen LogP contribution in [0.15, 0.2) is 132 Å². The summed E-state index contributed by atoms with van der Waals surface area (Å²) in [4.78, 5) is 14.0. The van der Waals surface area contributed by atoms with Crippen molar-refractivity contribution in [2.45, 2.75) is 36.9 Å². The fourth-order valence-corrected chi connectivity index (χ4v) is 6.70. The van der Waals surface area contributed by atoms with Gasteiger partial charge >= 0.3 is 6.03 Å². The lowest BCUT2D eigenvalue weighted by Crippen LogP contribution is -2.38. The predicted molar refractivity (Wildman–Crippen MR) is 189 cm³/mol. The lowest BCUT2D eigenvalue weighted by molar-refractivity contribution is -0.268. The lowest BCUT2D eigenvalue weighted by atomic mass is 9.91. The molecule has 3 N–H and O–H groups in total. The van der Waals surface area contributed by atoms with Crippen molar-refractivity contribution in [1.29, 1.82) is 0 Å². The Morgan fingerprint density at radius 2 is 1.48 bits per heavy atom. The average molecular weight is 663 g/mol. The third kappa shape index (κ3) is 8.37. The maximum Gasteiger partial charge on any atom is 0.323 e. The van der Waals surface area contributed by atoms with Crippen LogP contribution < -0.4 is 20.1 Å². The van der Waals surface area contributed by atoms with Crippen LogP contribution in [0.1, 0.15) is 36.0 Å². The number of para-hydroxylation sites is 2. The molecule has 9 heteroatoms. The Balaban J connectivity index is 1.15. The highest BCUT2D eigenvalue weighted by atomic mass is 32.2. The van der Waals surface area contributed by atoms with Gasteiger partial charge in [-0.15, -0.1) is 11.8 Å². The van der Waals surface area contributed by atoms with Gasteiger partial charge in [0.1, 0.15) is 17.2 Å². The number of carbonyl (C=O) groups is 1. The molecule has 1 aliphatic rings. The summed E-state index contributed by atoms with van der Waals surface area (Å²) in [5.74, 6) is 2.94. The molecule has 1 fully saturated rings. The number of amides is 2. The number of urea groups is 1. The van der Waals surface area contributed by atoms with Gasteiger partial charge in [-0.2, -0.15) is 0 Å². The number of hydrogen-bond donors (Lipinski definition) is 3. The van der Waals surface area contributed by atoms with Crippen molar-refractivity contribution in [3.63, 3.8) is 0 Å². The van der Waals surface area contributed by atoms with Crippen molar-refractivity contribution >= 4 is 29.2 Å². The first kappa shape index (κ1) is 33.1. The van der Waals surface area contributed by atoms with E-state index < -0.39 is 6.29 Å². The molecule has 48 heavy (non-hydrogen) atoms. The van der Waals surface area contributed by atoms with Crippen molar-refractivity contribution < 1.29 is 28.8 Å². The number of rotatable bonds is 11. The highest BCUT2D eigenvalue weighted by molar-refractivity contribution is 7.99. The fourth-order valence-electron chi connectivity index (χ4n) is 5.51. The maximum atomic E-state index is 13.0. The molecule has 1 heterocycles. The maximum absolute atomic E-state index is 13.0. The summed E-state index contributed by atoms with van der Waals surface area (Å²) in [6.07, 6.45) is -1.09. The number of anilines is 2. The molecule has 4 atom stereocenters. The lowest BCUT2D eigenvalue weighted by Gasteiger charge is -2.41. The van der Waals surface area contributed by atoms with Crippen LogP contribution in [0.5, 0.6) is 17.2 Å². The van der Waals surface area contributed by atoms with E-state index in [2.05, 4.69) is 17.6 Å². The topological polar surface area (TPSA) is 98.3 Å². The smallest absolute Gasteiger partial charge is 0.323 e. The largest absolute Gasteiger partial charge is 0.496 e. The standard InChI is InChI=1S/C39H38N2O6S/c1-26-35(25-48-36-14-7-6-13-34(36)44-2)46-38(47-37(26)28-17-15-27(24-42)16-18-28)29-9-8-10-31(23-29)41-39(43)40-30-19-21-33(22-20-30)45-32-11-4-3-5-12-32/h3-23,26,35,37-38,42H,24-25H2,1-2H3,(H2,40,41,43)/t26-,35+,37+,38+/m0/s1. The minimum atomic E-state index is -0.672. The zero-order valence-electron chi connectivity index (χ0n) is 26.7. The number of thioether (sulfide) groups is 1. The molecule has 8 nitrogen and oxygen atoms in total. The number of benzene rings is 5. The predicted octanol–water partition coefficient (Wildman–Crippen LogP) is 9.21. The van der Waals surface area contributed by atoms with Gasteiger partial charge in [0.05, 0.1) is 25.9 Å². The summed E-state index contributed by atoms with van der Waals surface area (Å²) in [5.41, 5.74) is 3.86. The molecule has 2 amide bonds. The number of ether oxygens (including phenoxy) is 4. The van der Waals surface area contributed by atoms with Gasteiger partial charge in [0, 0.05) is 33.5 Å². The van der Waals surface area contributed by atoms with Crippen LogP contribution >= 0.6 is 11.8 Å². The van der Waals surface area contributed by atoms with E-state index in [9.17, 15) is 9.90 Å². The van der Waals surface area contributed by atoms with E-state index in [1.165, 1.54) is 0 Å². The molecule has 0 spiro atoms. The Labute approximate surface area is 285 Å². The number of carbonyl (C=O) groups excluding carboxylic acids is 1.